The Morgan fingerprint density at radius 3 is 2.64 bits per heavy atom. The van der Waals surface area contributed by atoms with Crippen LogP contribution in [-0.4, -0.2) is 46.7 Å². The number of para-hydroxylation sites is 1. The number of hydrogen-bond donors (Lipinski definition) is 3. The molecule has 0 unspecified atom stereocenters. The van der Waals surface area contributed by atoms with Gasteiger partial charge >= 0.3 is 0 Å². The smallest absolute Gasteiger partial charge is 0.260 e. The number of benzene rings is 2. The van der Waals surface area contributed by atoms with Gasteiger partial charge in [0.15, 0.2) is 12.4 Å². The number of nitrogens with zero attached hydrogens (tertiary/aromatic N) is 3. The van der Waals surface area contributed by atoms with Crippen molar-refractivity contribution in [3.05, 3.63) is 71.8 Å². The summed E-state index contributed by atoms with van der Waals surface area (Å²) in [7, 11) is 1.77. The SMILES string of the molecule is C/C=C(\C=C(/CC)OCC(=O)N(C)C(C)C)c1nc(Nc2ccc(N)c(C=N)c2)c2ccccc2n1. The van der Waals surface area contributed by atoms with Crippen LogP contribution in [0.1, 0.15) is 45.5 Å². The molecule has 1 aromatic heterocycles. The lowest BCUT2D eigenvalue weighted by Gasteiger charge is -2.21. The zero-order chi connectivity index (χ0) is 26.2. The Morgan fingerprint density at radius 2 is 1.97 bits per heavy atom. The van der Waals surface area contributed by atoms with E-state index in [0.717, 1.165) is 22.2 Å². The Balaban J connectivity index is 1.95. The van der Waals surface area contributed by atoms with Gasteiger partial charge in [0.2, 0.25) is 0 Å². The van der Waals surface area contributed by atoms with Gasteiger partial charge in [0.1, 0.15) is 5.82 Å². The first kappa shape index (κ1) is 26.4. The van der Waals surface area contributed by atoms with Crippen molar-refractivity contribution in [2.24, 2.45) is 0 Å². The molecule has 0 aliphatic heterocycles. The number of carbonyl (C=O) groups excluding carboxylic acids is 1. The summed E-state index contributed by atoms with van der Waals surface area (Å²) < 4.78 is 5.85. The molecule has 188 valence electrons. The molecule has 0 aliphatic carbocycles. The third kappa shape index (κ3) is 6.27. The maximum Gasteiger partial charge on any atom is 0.260 e. The molecule has 4 N–H and O–H groups in total. The van der Waals surface area contributed by atoms with Gasteiger partial charge in [-0.25, -0.2) is 9.97 Å². The van der Waals surface area contributed by atoms with E-state index < -0.39 is 0 Å². The van der Waals surface area contributed by atoms with E-state index in [4.69, 9.17) is 25.8 Å². The van der Waals surface area contributed by atoms with Crippen LogP contribution in [-0.2, 0) is 9.53 Å². The molecule has 0 atom stereocenters. The number of nitrogen functional groups attached to an aromatic ring is 1. The highest BCUT2D eigenvalue weighted by atomic mass is 16.5. The Labute approximate surface area is 212 Å². The van der Waals surface area contributed by atoms with Crippen LogP contribution in [0.15, 0.2) is 60.4 Å². The molecule has 1 amide bonds. The number of allylic oxidation sites excluding steroid dienone is 4. The van der Waals surface area contributed by atoms with E-state index in [1.165, 1.54) is 6.21 Å². The second-order valence-corrected chi connectivity index (χ2v) is 8.62. The van der Waals surface area contributed by atoms with Gasteiger partial charge in [-0.3, -0.25) is 4.79 Å². The van der Waals surface area contributed by atoms with Gasteiger partial charge in [0.25, 0.3) is 5.91 Å². The van der Waals surface area contributed by atoms with Crippen molar-refractivity contribution in [1.82, 2.24) is 14.9 Å². The van der Waals surface area contributed by atoms with Crippen LogP contribution >= 0.6 is 0 Å². The minimum Gasteiger partial charge on any atom is -0.488 e. The van der Waals surface area contributed by atoms with Crippen LogP contribution < -0.4 is 11.1 Å². The van der Waals surface area contributed by atoms with Crippen LogP contribution in [0.5, 0.6) is 0 Å². The maximum absolute atomic E-state index is 12.4. The van der Waals surface area contributed by atoms with Crippen LogP contribution in [0.4, 0.5) is 17.2 Å². The van der Waals surface area contributed by atoms with Gasteiger partial charge < -0.3 is 26.1 Å². The van der Waals surface area contributed by atoms with E-state index in [-0.39, 0.29) is 18.6 Å². The predicted molar refractivity (Wildman–Crippen MR) is 147 cm³/mol. The lowest BCUT2D eigenvalue weighted by atomic mass is 10.1. The summed E-state index contributed by atoms with van der Waals surface area (Å²) in [4.78, 5) is 23.6. The van der Waals surface area contributed by atoms with Crippen molar-refractivity contribution < 1.29 is 9.53 Å². The lowest BCUT2D eigenvalue weighted by Crippen LogP contribution is -2.35. The molecule has 3 aromatic rings. The number of nitrogens with two attached hydrogens (primary N) is 1. The Morgan fingerprint density at radius 1 is 1.22 bits per heavy atom. The Bertz CT molecular complexity index is 1310. The molecule has 0 spiro atoms. The molecule has 0 bridgehead atoms. The second kappa shape index (κ2) is 12.0. The zero-order valence-corrected chi connectivity index (χ0v) is 21.5. The normalized spacial score (nSPS) is 12.1. The van der Waals surface area contributed by atoms with Crippen LogP contribution in [0, 0.1) is 5.41 Å². The average molecular weight is 487 g/mol. The summed E-state index contributed by atoms with van der Waals surface area (Å²) in [5, 5.41) is 11.8. The van der Waals surface area contributed by atoms with Gasteiger partial charge in [-0.2, -0.15) is 0 Å². The third-order valence-corrected chi connectivity index (χ3v) is 5.89. The molecule has 1 heterocycles. The second-order valence-electron chi connectivity index (χ2n) is 8.62. The predicted octanol–water partition coefficient (Wildman–Crippen LogP) is 5.53. The minimum absolute atomic E-state index is 0.0246. The van der Waals surface area contributed by atoms with Crippen molar-refractivity contribution >= 4 is 45.8 Å². The molecule has 0 fully saturated rings. The number of amides is 1. The van der Waals surface area contributed by atoms with Crippen molar-refractivity contribution in [1.29, 1.82) is 5.41 Å². The highest BCUT2D eigenvalue weighted by molar-refractivity contribution is 5.93. The summed E-state index contributed by atoms with van der Waals surface area (Å²) in [5.41, 5.74) is 9.44. The van der Waals surface area contributed by atoms with E-state index in [0.29, 0.717) is 35.1 Å². The highest BCUT2D eigenvalue weighted by Gasteiger charge is 2.15. The number of carbonyl (C=O) groups is 1. The van der Waals surface area contributed by atoms with Gasteiger partial charge in [-0.05, 0) is 57.2 Å². The van der Waals surface area contributed by atoms with E-state index in [1.807, 2.05) is 76.2 Å². The summed E-state index contributed by atoms with van der Waals surface area (Å²) in [6.07, 6.45) is 5.65. The number of likely N-dealkylation sites (N-methyl/N-ethyl adjacent to an activating group) is 1. The molecular weight excluding hydrogens is 452 g/mol. The topological polar surface area (TPSA) is 117 Å². The summed E-state index contributed by atoms with van der Waals surface area (Å²) in [6, 6.07) is 13.3. The van der Waals surface area contributed by atoms with Crippen molar-refractivity contribution in [3.8, 4) is 0 Å². The van der Waals surface area contributed by atoms with Crippen molar-refractivity contribution in [2.75, 3.05) is 24.7 Å². The molecule has 0 radical (unpaired) electrons. The number of hydrogen-bond acceptors (Lipinski definition) is 7. The number of anilines is 3. The maximum atomic E-state index is 12.4. The molecule has 8 heteroatoms. The number of fused-ring (bicyclic) bond motifs is 1. The minimum atomic E-state index is -0.0763. The van der Waals surface area contributed by atoms with Gasteiger partial charge in [0, 0.05) is 53.6 Å². The van der Waals surface area contributed by atoms with Crippen molar-refractivity contribution in [3.63, 3.8) is 0 Å². The number of ether oxygens (including phenoxy) is 1. The fourth-order valence-corrected chi connectivity index (χ4v) is 3.46. The first-order valence-corrected chi connectivity index (χ1v) is 12.0. The summed E-state index contributed by atoms with van der Waals surface area (Å²) >= 11 is 0. The molecule has 0 aliphatic rings. The van der Waals surface area contributed by atoms with Crippen LogP contribution in [0.3, 0.4) is 0 Å². The van der Waals surface area contributed by atoms with Crippen LogP contribution in [0.2, 0.25) is 0 Å². The summed E-state index contributed by atoms with van der Waals surface area (Å²) in [5.74, 6) is 1.76. The Hall–Kier alpha value is -4.20. The van der Waals surface area contributed by atoms with Gasteiger partial charge in [-0.15, -0.1) is 0 Å². The highest BCUT2D eigenvalue weighted by Crippen LogP contribution is 2.28. The van der Waals surface area contributed by atoms with E-state index in [2.05, 4.69) is 5.32 Å². The largest absolute Gasteiger partial charge is 0.488 e. The lowest BCUT2D eigenvalue weighted by molar-refractivity contribution is -0.135. The van der Waals surface area contributed by atoms with Gasteiger partial charge in [0.05, 0.1) is 11.3 Å². The van der Waals surface area contributed by atoms with E-state index >= 15 is 0 Å². The Kier molecular flexibility index (Phi) is 8.78. The fourth-order valence-electron chi connectivity index (χ4n) is 3.46. The van der Waals surface area contributed by atoms with E-state index in [9.17, 15) is 4.79 Å². The quantitative estimate of drug-likeness (QED) is 0.150. The van der Waals surface area contributed by atoms with Crippen LogP contribution in [0.25, 0.3) is 16.5 Å². The fraction of sp³-hybridized carbons (Fsp3) is 0.286. The average Bonchev–Trinajstić information content (AvgIpc) is 2.89. The molecule has 3 rings (SSSR count). The molecule has 8 nitrogen and oxygen atoms in total. The third-order valence-electron chi connectivity index (χ3n) is 5.89. The van der Waals surface area contributed by atoms with Crippen molar-refractivity contribution in [2.45, 2.75) is 40.2 Å². The molecule has 0 saturated heterocycles. The standard InChI is InChI=1S/C28H34N6O2/c1-6-19(15-22(7-2)36-17-26(35)34(5)18(3)4)27-32-25-11-9-8-10-23(25)28(33-27)31-21-12-13-24(30)20(14-21)16-29/h6,8-16,18,29H,7,17,30H2,1-5H3,(H,31,32,33)/b19-6+,22-15+,29-16?. The van der Waals surface area contributed by atoms with Gasteiger partial charge in [-0.1, -0.05) is 25.1 Å². The first-order chi connectivity index (χ1) is 17.3. The number of aromatic nitrogens is 2. The monoisotopic (exact) mass is 486 g/mol. The number of nitrogens with one attached hydrogen (secondary N) is 2. The summed E-state index contributed by atoms with van der Waals surface area (Å²) in [6.45, 7) is 7.80. The molecular formula is C28H34N6O2. The van der Waals surface area contributed by atoms with E-state index in [1.54, 1.807) is 18.0 Å². The zero-order valence-electron chi connectivity index (χ0n) is 21.5. The molecule has 36 heavy (non-hydrogen) atoms. The number of rotatable bonds is 10. The molecule has 0 saturated carbocycles. The molecule has 2 aromatic carbocycles. The first-order valence-electron chi connectivity index (χ1n) is 12.0.